The van der Waals surface area contributed by atoms with E-state index < -0.39 is 15.7 Å². The molecular weight excluding hydrogens is 216 g/mol. The molecule has 0 amide bonds. The maximum atomic E-state index is 10.7. The largest absolute Gasteiger partial charge is 0.373 e. The fourth-order valence-corrected chi connectivity index (χ4v) is 1.90. The van der Waals surface area contributed by atoms with E-state index in [1.807, 2.05) is 0 Å². The Labute approximate surface area is 80.5 Å². The molecule has 0 heterocycles. The Morgan fingerprint density at radius 1 is 1.31 bits per heavy atom. The Bertz CT molecular complexity index is 399. The summed E-state index contributed by atoms with van der Waals surface area (Å²) in [4.78, 5) is -0.377. The number of halogens is 1. The third-order valence-electron chi connectivity index (χ3n) is 1.45. The van der Waals surface area contributed by atoms with E-state index in [1.54, 1.807) is 0 Å². The summed E-state index contributed by atoms with van der Waals surface area (Å²) in [5, 5.41) is 8.96. The van der Waals surface area contributed by atoms with E-state index in [4.69, 9.17) is 21.3 Å². The Kier molecular flexibility index (Phi) is 2.92. The standard InChI is InChI=1S/C7H7ClO4S/c8-7(9)5-3-1-2-4-6(5)13(10,11)12/h1-4,7,9H,(H,10,11,12). The zero-order valence-corrected chi connectivity index (χ0v) is 7.96. The molecule has 0 bridgehead atoms. The first-order chi connectivity index (χ1) is 5.93. The summed E-state index contributed by atoms with van der Waals surface area (Å²) in [6, 6.07) is 5.42. The lowest BCUT2D eigenvalue weighted by Gasteiger charge is -2.06. The van der Waals surface area contributed by atoms with E-state index in [9.17, 15) is 8.42 Å². The first-order valence-corrected chi connectivity index (χ1v) is 5.19. The quantitative estimate of drug-likeness (QED) is 0.582. The molecule has 0 radical (unpaired) electrons. The minimum absolute atomic E-state index is 0.0355. The van der Waals surface area contributed by atoms with Crippen LogP contribution in [0, 0.1) is 0 Å². The summed E-state index contributed by atoms with van der Waals surface area (Å²) in [5.74, 6) is 0. The molecule has 2 N–H and O–H groups in total. The molecule has 0 spiro atoms. The van der Waals surface area contributed by atoms with Crippen LogP contribution in [0.1, 0.15) is 11.1 Å². The van der Waals surface area contributed by atoms with Crippen LogP contribution in [-0.4, -0.2) is 18.1 Å². The number of benzene rings is 1. The molecule has 6 heteroatoms. The van der Waals surface area contributed by atoms with Crippen LogP contribution in [0.25, 0.3) is 0 Å². The second-order valence-corrected chi connectivity index (χ2v) is 4.15. The zero-order chi connectivity index (χ0) is 10.1. The molecule has 4 nitrogen and oxygen atoms in total. The van der Waals surface area contributed by atoms with Crippen molar-refractivity contribution in [1.82, 2.24) is 0 Å². The van der Waals surface area contributed by atoms with E-state index in [0.717, 1.165) is 6.07 Å². The number of aliphatic hydroxyl groups excluding tert-OH is 1. The van der Waals surface area contributed by atoms with Crippen molar-refractivity contribution >= 4 is 21.7 Å². The van der Waals surface area contributed by atoms with Gasteiger partial charge in [0, 0.05) is 5.56 Å². The van der Waals surface area contributed by atoms with Crippen LogP contribution < -0.4 is 0 Å². The number of hydrogen-bond donors (Lipinski definition) is 2. The SMILES string of the molecule is O=S(=O)(O)c1ccccc1C(O)Cl. The fourth-order valence-electron chi connectivity index (χ4n) is 0.912. The maximum absolute atomic E-state index is 10.7. The predicted molar refractivity (Wildman–Crippen MR) is 47.1 cm³/mol. The molecule has 1 aromatic carbocycles. The monoisotopic (exact) mass is 222 g/mol. The number of rotatable bonds is 2. The van der Waals surface area contributed by atoms with Crippen LogP contribution in [0.4, 0.5) is 0 Å². The molecule has 1 aromatic rings. The van der Waals surface area contributed by atoms with Crippen molar-refractivity contribution in [2.24, 2.45) is 0 Å². The third kappa shape index (κ3) is 2.41. The van der Waals surface area contributed by atoms with Gasteiger partial charge in [-0.3, -0.25) is 4.55 Å². The summed E-state index contributed by atoms with van der Waals surface area (Å²) >= 11 is 5.29. The van der Waals surface area contributed by atoms with Crippen LogP contribution in [0.3, 0.4) is 0 Å². The van der Waals surface area contributed by atoms with E-state index in [2.05, 4.69) is 0 Å². The van der Waals surface area contributed by atoms with E-state index >= 15 is 0 Å². The molecule has 0 saturated heterocycles. The van der Waals surface area contributed by atoms with Gasteiger partial charge in [-0.1, -0.05) is 29.8 Å². The van der Waals surface area contributed by atoms with Crippen LogP contribution >= 0.6 is 11.6 Å². The summed E-state index contributed by atoms with van der Waals surface area (Å²) < 4.78 is 30.2. The molecule has 0 fully saturated rings. The molecule has 1 atom stereocenters. The highest BCUT2D eigenvalue weighted by Gasteiger charge is 2.17. The lowest BCUT2D eigenvalue weighted by atomic mass is 10.2. The van der Waals surface area contributed by atoms with Gasteiger partial charge >= 0.3 is 0 Å². The van der Waals surface area contributed by atoms with Gasteiger partial charge in [-0.2, -0.15) is 8.42 Å². The summed E-state index contributed by atoms with van der Waals surface area (Å²) in [7, 11) is -4.32. The van der Waals surface area contributed by atoms with Gasteiger partial charge in [-0.05, 0) is 6.07 Å². The average molecular weight is 223 g/mol. The number of aliphatic hydroxyl groups is 1. The first-order valence-electron chi connectivity index (χ1n) is 3.31. The van der Waals surface area contributed by atoms with Crippen molar-refractivity contribution in [3.63, 3.8) is 0 Å². The zero-order valence-electron chi connectivity index (χ0n) is 6.38. The summed E-state index contributed by atoms with van der Waals surface area (Å²) in [6.07, 6.45) is 0. The van der Waals surface area contributed by atoms with E-state index in [-0.39, 0.29) is 10.5 Å². The molecule has 1 unspecified atom stereocenters. The van der Waals surface area contributed by atoms with Gasteiger partial charge < -0.3 is 5.11 Å². The van der Waals surface area contributed by atoms with Crippen molar-refractivity contribution in [3.05, 3.63) is 29.8 Å². The number of hydrogen-bond acceptors (Lipinski definition) is 3. The van der Waals surface area contributed by atoms with E-state index in [0.29, 0.717) is 0 Å². The Balaban J connectivity index is 3.37. The fraction of sp³-hybridized carbons (Fsp3) is 0.143. The number of alkyl halides is 1. The van der Waals surface area contributed by atoms with Gasteiger partial charge in [0.05, 0.1) is 0 Å². The lowest BCUT2D eigenvalue weighted by molar-refractivity contribution is 0.259. The second kappa shape index (κ2) is 3.63. The highest BCUT2D eigenvalue weighted by molar-refractivity contribution is 7.85. The summed E-state index contributed by atoms with van der Waals surface area (Å²) in [5.41, 5.74) is -1.48. The maximum Gasteiger partial charge on any atom is 0.294 e. The van der Waals surface area contributed by atoms with Crippen molar-refractivity contribution in [2.75, 3.05) is 0 Å². The van der Waals surface area contributed by atoms with Crippen molar-refractivity contribution < 1.29 is 18.1 Å². The van der Waals surface area contributed by atoms with E-state index in [1.165, 1.54) is 18.2 Å². The van der Waals surface area contributed by atoms with Crippen LogP contribution in [-0.2, 0) is 10.1 Å². The molecule has 0 saturated carbocycles. The Morgan fingerprint density at radius 3 is 2.23 bits per heavy atom. The predicted octanol–water partition coefficient (Wildman–Crippen LogP) is 1.16. The lowest BCUT2D eigenvalue weighted by Crippen LogP contribution is -2.04. The Hall–Kier alpha value is -0.620. The van der Waals surface area contributed by atoms with Crippen molar-refractivity contribution in [2.45, 2.75) is 10.5 Å². The Morgan fingerprint density at radius 2 is 1.85 bits per heavy atom. The molecular formula is C7H7ClO4S. The normalized spacial score (nSPS) is 14.1. The van der Waals surface area contributed by atoms with Gasteiger partial charge in [0.2, 0.25) is 0 Å². The molecule has 13 heavy (non-hydrogen) atoms. The van der Waals surface area contributed by atoms with Gasteiger partial charge in [0.15, 0.2) is 5.56 Å². The van der Waals surface area contributed by atoms with Crippen molar-refractivity contribution in [1.29, 1.82) is 0 Å². The van der Waals surface area contributed by atoms with Crippen LogP contribution in [0.5, 0.6) is 0 Å². The van der Waals surface area contributed by atoms with Crippen LogP contribution in [0.2, 0.25) is 0 Å². The minimum Gasteiger partial charge on any atom is -0.373 e. The smallest absolute Gasteiger partial charge is 0.294 e. The minimum atomic E-state index is -4.32. The van der Waals surface area contributed by atoms with Gasteiger partial charge in [-0.25, -0.2) is 0 Å². The van der Waals surface area contributed by atoms with Gasteiger partial charge in [0.1, 0.15) is 4.90 Å². The summed E-state index contributed by atoms with van der Waals surface area (Å²) in [6.45, 7) is 0. The molecule has 0 aliphatic carbocycles. The average Bonchev–Trinajstić information content (AvgIpc) is 2.03. The molecule has 72 valence electrons. The van der Waals surface area contributed by atoms with Crippen molar-refractivity contribution in [3.8, 4) is 0 Å². The topological polar surface area (TPSA) is 74.6 Å². The molecule has 0 aliphatic heterocycles. The first kappa shape index (κ1) is 10.5. The third-order valence-corrected chi connectivity index (χ3v) is 2.62. The second-order valence-electron chi connectivity index (χ2n) is 2.35. The van der Waals surface area contributed by atoms with Crippen LogP contribution in [0.15, 0.2) is 29.2 Å². The highest BCUT2D eigenvalue weighted by atomic mass is 35.5. The van der Waals surface area contributed by atoms with Gasteiger partial charge in [-0.15, -0.1) is 0 Å². The highest BCUT2D eigenvalue weighted by Crippen LogP contribution is 2.24. The van der Waals surface area contributed by atoms with Gasteiger partial charge in [0.25, 0.3) is 10.1 Å². The molecule has 1 rings (SSSR count). The molecule has 0 aromatic heterocycles. The molecule has 0 aliphatic rings.